The molecule has 31 heavy (non-hydrogen) atoms. The summed E-state index contributed by atoms with van der Waals surface area (Å²) >= 11 is 0. The van der Waals surface area contributed by atoms with Crippen LogP contribution < -0.4 is 9.64 Å². The smallest absolute Gasteiger partial charge is 0.340 e. The summed E-state index contributed by atoms with van der Waals surface area (Å²) in [7, 11) is 0. The molecule has 0 fully saturated rings. The average Bonchev–Trinajstić information content (AvgIpc) is 3.25. The zero-order chi connectivity index (χ0) is 21.9. The Morgan fingerprint density at radius 3 is 2.58 bits per heavy atom. The van der Waals surface area contributed by atoms with Gasteiger partial charge in [0.05, 0.1) is 16.8 Å². The Kier molecular flexibility index (Phi) is 4.18. The lowest BCUT2D eigenvalue weighted by Gasteiger charge is -2.35. The third-order valence-electron chi connectivity index (χ3n) is 6.12. The standard InChI is InChI=1S/C24H23N3O4/c1-5-26(6-2)16-11-12-19-20(13-16)30-22-21(14(3)25-27(22)15(4)28)24(19)18-10-8-7-9-17(18)23(29)31-24/h7-13H,5-6H2,1-4H3. The number of hydrogen-bond donors (Lipinski definition) is 0. The number of nitrogens with zero attached hydrogens (tertiary/aromatic N) is 3. The van der Waals surface area contributed by atoms with Crippen LogP contribution >= 0.6 is 0 Å². The molecular formula is C24H23N3O4. The Morgan fingerprint density at radius 1 is 1.13 bits per heavy atom. The van der Waals surface area contributed by atoms with Crippen LogP contribution in [0.1, 0.15) is 58.3 Å². The molecule has 1 aromatic heterocycles. The molecule has 0 saturated heterocycles. The highest BCUT2D eigenvalue weighted by Gasteiger charge is 2.56. The maximum Gasteiger partial charge on any atom is 0.340 e. The van der Waals surface area contributed by atoms with Gasteiger partial charge in [-0.25, -0.2) is 4.79 Å². The molecule has 158 valence electrons. The summed E-state index contributed by atoms with van der Waals surface area (Å²) in [5, 5.41) is 4.42. The molecule has 5 rings (SSSR count). The third kappa shape index (κ3) is 2.49. The van der Waals surface area contributed by atoms with Gasteiger partial charge in [-0.15, -0.1) is 0 Å². The molecule has 1 atom stereocenters. The molecule has 0 bridgehead atoms. The lowest BCUT2D eigenvalue weighted by molar-refractivity contribution is 0.0221. The second-order valence-electron chi connectivity index (χ2n) is 7.77. The van der Waals surface area contributed by atoms with Gasteiger partial charge < -0.3 is 14.4 Å². The number of anilines is 1. The molecule has 7 heteroatoms. The van der Waals surface area contributed by atoms with Crippen LogP contribution in [0.5, 0.6) is 11.6 Å². The van der Waals surface area contributed by atoms with Gasteiger partial charge in [0.15, 0.2) is 5.60 Å². The highest BCUT2D eigenvalue weighted by molar-refractivity contribution is 5.97. The Balaban J connectivity index is 1.85. The van der Waals surface area contributed by atoms with Crippen molar-refractivity contribution < 1.29 is 19.1 Å². The van der Waals surface area contributed by atoms with Crippen LogP contribution in [-0.4, -0.2) is 34.7 Å². The maximum atomic E-state index is 12.9. The molecule has 0 N–H and O–H groups in total. The van der Waals surface area contributed by atoms with E-state index in [1.807, 2.05) is 36.4 Å². The summed E-state index contributed by atoms with van der Waals surface area (Å²) < 4.78 is 13.7. The molecule has 1 spiro atoms. The lowest BCUT2D eigenvalue weighted by Crippen LogP contribution is -2.34. The van der Waals surface area contributed by atoms with E-state index in [0.717, 1.165) is 29.9 Å². The predicted molar refractivity (Wildman–Crippen MR) is 115 cm³/mol. The average molecular weight is 417 g/mol. The molecule has 0 amide bonds. The van der Waals surface area contributed by atoms with E-state index in [9.17, 15) is 9.59 Å². The Hall–Kier alpha value is -3.61. The van der Waals surface area contributed by atoms with Crippen LogP contribution in [0.15, 0.2) is 42.5 Å². The van der Waals surface area contributed by atoms with Crippen LogP contribution in [0, 0.1) is 6.92 Å². The number of fused-ring (bicyclic) bond motifs is 6. The number of ether oxygens (including phenoxy) is 2. The van der Waals surface area contributed by atoms with Gasteiger partial charge in [0.1, 0.15) is 5.75 Å². The number of hydrogen-bond acceptors (Lipinski definition) is 6. The van der Waals surface area contributed by atoms with E-state index < -0.39 is 11.6 Å². The molecule has 3 aromatic rings. The minimum Gasteiger partial charge on any atom is -0.440 e. The second-order valence-corrected chi connectivity index (χ2v) is 7.77. The van der Waals surface area contributed by atoms with Crippen molar-refractivity contribution in [2.75, 3.05) is 18.0 Å². The minimum atomic E-state index is -1.21. The van der Waals surface area contributed by atoms with Crippen molar-refractivity contribution in [3.8, 4) is 11.6 Å². The lowest BCUT2D eigenvalue weighted by atomic mass is 9.78. The number of carbonyl (C=O) groups is 2. The number of benzene rings is 2. The maximum absolute atomic E-state index is 12.9. The van der Waals surface area contributed by atoms with Crippen molar-refractivity contribution in [3.05, 3.63) is 70.4 Å². The zero-order valence-corrected chi connectivity index (χ0v) is 17.9. The Labute approximate surface area is 180 Å². The SMILES string of the molecule is CCN(CC)c1ccc2c(c1)Oc1c(c(C)nn1C(C)=O)C21OC(=O)c2ccccc21. The molecule has 3 heterocycles. The molecule has 7 nitrogen and oxygen atoms in total. The fourth-order valence-electron chi connectivity index (χ4n) is 4.73. The summed E-state index contributed by atoms with van der Waals surface area (Å²) in [6.45, 7) is 9.09. The summed E-state index contributed by atoms with van der Waals surface area (Å²) in [6, 6.07) is 13.3. The van der Waals surface area contributed by atoms with Crippen molar-refractivity contribution in [2.45, 2.75) is 33.3 Å². The molecule has 1 unspecified atom stereocenters. The van der Waals surface area contributed by atoms with Crippen LogP contribution in [0.3, 0.4) is 0 Å². The van der Waals surface area contributed by atoms with E-state index in [2.05, 4.69) is 23.8 Å². The summed E-state index contributed by atoms with van der Waals surface area (Å²) in [5.74, 6) is 0.153. The number of esters is 1. The van der Waals surface area contributed by atoms with Crippen molar-refractivity contribution >= 4 is 17.6 Å². The number of aryl methyl sites for hydroxylation is 1. The highest BCUT2D eigenvalue weighted by atomic mass is 16.6. The van der Waals surface area contributed by atoms with Gasteiger partial charge in [0, 0.05) is 42.9 Å². The normalized spacial score (nSPS) is 18.1. The van der Waals surface area contributed by atoms with E-state index in [4.69, 9.17) is 9.47 Å². The molecule has 0 saturated carbocycles. The van der Waals surface area contributed by atoms with E-state index in [1.165, 1.54) is 11.6 Å². The Bertz CT molecular complexity index is 1240. The first-order valence-corrected chi connectivity index (χ1v) is 10.4. The first-order valence-electron chi connectivity index (χ1n) is 10.4. The largest absolute Gasteiger partial charge is 0.440 e. The van der Waals surface area contributed by atoms with E-state index in [0.29, 0.717) is 28.5 Å². The quantitative estimate of drug-likeness (QED) is 0.593. The monoisotopic (exact) mass is 417 g/mol. The predicted octanol–water partition coefficient (Wildman–Crippen LogP) is 4.27. The second kappa shape index (κ2) is 6.70. The fourth-order valence-corrected chi connectivity index (χ4v) is 4.73. The van der Waals surface area contributed by atoms with Crippen LogP contribution in [0.25, 0.3) is 0 Å². The fraction of sp³-hybridized carbons (Fsp3) is 0.292. The Morgan fingerprint density at radius 2 is 1.87 bits per heavy atom. The molecular weight excluding hydrogens is 394 g/mol. The topological polar surface area (TPSA) is 73.7 Å². The van der Waals surface area contributed by atoms with Crippen LogP contribution in [0.4, 0.5) is 5.69 Å². The van der Waals surface area contributed by atoms with E-state index >= 15 is 0 Å². The van der Waals surface area contributed by atoms with Gasteiger partial charge in [-0.3, -0.25) is 4.79 Å². The molecule has 0 radical (unpaired) electrons. The first-order chi connectivity index (χ1) is 14.9. The van der Waals surface area contributed by atoms with Crippen molar-refractivity contribution in [2.24, 2.45) is 0 Å². The molecule has 2 aliphatic heterocycles. The summed E-state index contributed by atoms with van der Waals surface area (Å²) in [4.78, 5) is 27.4. The van der Waals surface area contributed by atoms with Gasteiger partial charge in [-0.05, 0) is 39.0 Å². The van der Waals surface area contributed by atoms with Crippen molar-refractivity contribution in [3.63, 3.8) is 0 Å². The molecule has 2 aromatic carbocycles. The number of carbonyl (C=O) groups excluding carboxylic acids is 2. The van der Waals surface area contributed by atoms with Gasteiger partial charge in [-0.2, -0.15) is 9.78 Å². The van der Waals surface area contributed by atoms with Gasteiger partial charge in [0.25, 0.3) is 0 Å². The third-order valence-corrected chi connectivity index (χ3v) is 6.12. The number of rotatable bonds is 3. The van der Waals surface area contributed by atoms with E-state index in [1.54, 1.807) is 13.0 Å². The molecule has 0 aliphatic carbocycles. The summed E-state index contributed by atoms with van der Waals surface area (Å²) in [6.07, 6.45) is 0. The van der Waals surface area contributed by atoms with Crippen LogP contribution in [0.2, 0.25) is 0 Å². The van der Waals surface area contributed by atoms with Crippen molar-refractivity contribution in [1.29, 1.82) is 0 Å². The summed E-state index contributed by atoms with van der Waals surface area (Å²) in [5.41, 5.74) is 2.90. The van der Waals surface area contributed by atoms with E-state index in [-0.39, 0.29) is 5.91 Å². The highest BCUT2D eigenvalue weighted by Crippen LogP contribution is 2.57. The minimum absolute atomic E-state index is 0.277. The van der Waals surface area contributed by atoms with Crippen molar-refractivity contribution in [1.82, 2.24) is 9.78 Å². The molecule has 2 aliphatic rings. The van der Waals surface area contributed by atoms with Crippen LogP contribution in [-0.2, 0) is 10.3 Å². The zero-order valence-electron chi connectivity index (χ0n) is 17.9. The van der Waals surface area contributed by atoms with Gasteiger partial charge >= 0.3 is 5.97 Å². The van der Waals surface area contributed by atoms with Gasteiger partial charge in [0.2, 0.25) is 11.8 Å². The first kappa shape index (κ1) is 19.4. The van der Waals surface area contributed by atoms with Gasteiger partial charge in [-0.1, -0.05) is 18.2 Å². The number of aromatic nitrogens is 2.